The molecule has 0 radical (unpaired) electrons. The minimum atomic E-state index is 0.574. The lowest BCUT2D eigenvalue weighted by Gasteiger charge is -2.19. The summed E-state index contributed by atoms with van der Waals surface area (Å²) in [7, 11) is 0. The summed E-state index contributed by atoms with van der Waals surface area (Å²) in [6, 6.07) is 0. The summed E-state index contributed by atoms with van der Waals surface area (Å²) >= 11 is 0. The molecule has 1 aromatic heterocycles. The number of nitrogens with one attached hydrogen (secondary N) is 1. The predicted octanol–water partition coefficient (Wildman–Crippen LogP) is 0.623. The fourth-order valence-electron chi connectivity index (χ4n) is 1.98. The Bertz CT molecular complexity index is 334. The van der Waals surface area contributed by atoms with Crippen molar-refractivity contribution in [3.05, 3.63) is 6.33 Å². The Kier molecular flexibility index (Phi) is 4.49. The molecule has 0 unspecified atom stereocenters. The highest BCUT2D eigenvalue weighted by atomic mass is 15.3. The van der Waals surface area contributed by atoms with Gasteiger partial charge in [-0.05, 0) is 12.8 Å². The second-order valence-corrected chi connectivity index (χ2v) is 4.23. The van der Waals surface area contributed by atoms with Crippen molar-refractivity contribution in [3.8, 4) is 0 Å². The van der Waals surface area contributed by atoms with Gasteiger partial charge in [0.1, 0.15) is 6.33 Å². The van der Waals surface area contributed by atoms with Crippen LogP contribution in [0.2, 0.25) is 0 Å². The van der Waals surface area contributed by atoms with Crippen LogP contribution < -0.4 is 16.0 Å². The average molecular weight is 236 g/mol. The van der Waals surface area contributed by atoms with Gasteiger partial charge >= 0.3 is 0 Å². The average Bonchev–Trinajstić information content (AvgIpc) is 2.65. The Morgan fingerprint density at radius 3 is 2.65 bits per heavy atom. The van der Waals surface area contributed by atoms with Crippen LogP contribution in [0, 0.1) is 0 Å². The summed E-state index contributed by atoms with van der Waals surface area (Å²) in [5.41, 5.74) is 5.43. The first-order valence-corrected chi connectivity index (χ1v) is 6.28. The summed E-state index contributed by atoms with van der Waals surface area (Å²) in [4.78, 5) is 15.0. The van der Waals surface area contributed by atoms with E-state index in [0.29, 0.717) is 19.0 Å². The van der Waals surface area contributed by atoms with Crippen LogP contribution in [0.4, 0.5) is 11.9 Å². The maximum absolute atomic E-state index is 5.43. The molecule has 1 aliphatic rings. The van der Waals surface area contributed by atoms with Gasteiger partial charge in [0, 0.05) is 26.2 Å². The van der Waals surface area contributed by atoms with Crippen LogP contribution in [0.3, 0.4) is 0 Å². The normalized spacial score (nSPS) is 16.6. The topological polar surface area (TPSA) is 80.0 Å². The second kappa shape index (κ2) is 6.34. The molecule has 1 aromatic rings. The molecule has 0 saturated carbocycles. The molecule has 0 amide bonds. The molecule has 17 heavy (non-hydrogen) atoms. The van der Waals surface area contributed by atoms with Crippen molar-refractivity contribution >= 4 is 11.9 Å². The zero-order valence-corrected chi connectivity index (χ0v) is 10.1. The summed E-state index contributed by atoms with van der Waals surface area (Å²) in [6.45, 7) is 3.34. The number of anilines is 2. The summed E-state index contributed by atoms with van der Waals surface area (Å²) in [5, 5.41) is 3.08. The number of nitrogens with two attached hydrogens (primary N) is 1. The highest BCUT2D eigenvalue weighted by Crippen LogP contribution is 2.15. The Morgan fingerprint density at radius 1 is 1.18 bits per heavy atom. The van der Waals surface area contributed by atoms with Gasteiger partial charge in [0.15, 0.2) is 0 Å². The van der Waals surface area contributed by atoms with Crippen LogP contribution in [0.5, 0.6) is 0 Å². The molecule has 0 aromatic carbocycles. The molecule has 2 rings (SSSR count). The molecule has 1 fully saturated rings. The fraction of sp³-hybridized carbons (Fsp3) is 0.727. The van der Waals surface area contributed by atoms with Crippen LogP contribution in [-0.2, 0) is 0 Å². The van der Waals surface area contributed by atoms with Gasteiger partial charge in [-0.1, -0.05) is 12.8 Å². The van der Waals surface area contributed by atoms with E-state index in [-0.39, 0.29) is 0 Å². The maximum atomic E-state index is 5.43. The first kappa shape index (κ1) is 12.0. The van der Waals surface area contributed by atoms with Crippen LogP contribution in [-0.4, -0.2) is 41.1 Å². The van der Waals surface area contributed by atoms with E-state index in [0.717, 1.165) is 19.0 Å². The van der Waals surface area contributed by atoms with Gasteiger partial charge in [0.05, 0.1) is 0 Å². The standard InChI is InChI=1S/C11H20N6/c12-5-6-13-10-14-9-15-11(16-10)17-7-3-1-2-4-8-17/h9H,1-8,12H2,(H,13,14,15,16). The third-order valence-corrected chi connectivity index (χ3v) is 2.88. The summed E-state index contributed by atoms with van der Waals surface area (Å²) in [6.07, 6.45) is 6.61. The van der Waals surface area contributed by atoms with Gasteiger partial charge in [0.25, 0.3) is 0 Å². The third-order valence-electron chi connectivity index (χ3n) is 2.88. The van der Waals surface area contributed by atoms with Crippen molar-refractivity contribution < 1.29 is 0 Å². The van der Waals surface area contributed by atoms with Crippen molar-refractivity contribution in [2.75, 3.05) is 36.4 Å². The molecule has 1 aliphatic heterocycles. The Morgan fingerprint density at radius 2 is 1.94 bits per heavy atom. The SMILES string of the molecule is NCCNc1ncnc(N2CCCCCC2)n1. The molecular weight excluding hydrogens is 216 g/mol. The highest BCUT2D eigenvalue weighted by Gasteiger charge is 2.12. The van der Waals surface area contributed by atoms with Crippen molar-refractivity contribution in [3.63, 3.8) is 0 Å². The monoisotopic (exact) mass is 236 g/mol. The minimum Gasteiger partial charge on any atom is -0.353 e. The first-order valence-electron chi connectivity index (χ1n) is 6.28. The fourth-order valence-corrected chi connectivity index (χ4v) is 1.98. The number of aromatic nitrogens is 3. The number of rotatable bonds is 4. The van der Waals surface area contributed by atoms with Crippen LogP contribution in [0.25, 0.3) is 0 Å². The maximum Gasteiger partial charge on any atom is 0.230 e. The van der Waals surface area contributed by atoms with E-state index in [4.69, 9.17) is 5.73 Å². The zero-order chi connectivity index (χ0) is 11.9. The largest absolute Gasteiger partial charge is 0.353 e. The van der Waals surface area contributed by atoms with E-state index >= 15 is 0 Å². The van der Waals surface area contributed by atoms with Gasteiger partial charge in [-0.3, -0.25) is 0 Å². The molecule has 6 nitrogen and oxygen atoms in total. The molecule has 0 bridgehead atoms. The van der Waals surface area contributed by atoms with E-state index in [9.17, 15) is 0 Å². The lowest BCUT2D eigenvalue weighted by molar-refractivity contribution is 0.726. The second-order valence-electron chi connectivity index (χ2n) is 4.23. The van der Waals surface area contributed by atoms with Gasteiger partial charge in [-0.15, -0.1) is 0 Å². The van der Waals surface area contributed by atoms with E-state index < -0.39 is 0 Å². The van der Waals surface area contributed by atoms with Crippen molar-refractivity contribution in [1.82, 2.24) is 15.0 Å². The van der Waals surface area contributed by atoms with Crippen LogP contribution in [0.1, 0.15) is 25.7 Å². The highest BCUT2D eigenvalue weighted by molar-refractivity contribution is 5.35. The Hall–Kier alpha value is -1.43. The van der Waals surface area contributed by atoms with Crippen LogP contribution in [0.15, 0.2) is 6.33 Å². The smallest absolute Gasteiger partial charge is 0.230 e. The predicted molar refractivity (Wildman–Crippen MR) is 68.1 cm³/mol. The number of hydrogen-bond donors (Lipinski definition) is 2. The molecule has 0 aliphatic carbocycles. The molecule has 0 atom stereocenters. The Labute approximate surface area is 102 Å². The third kappa shape index (κ3) is 3.52. The molecule has 3 N–H and O–H groups in total. The molecule has 2 heterocycles. The van der Waals surface area contributed by atoms with E-state index in [1.54, 1.807) is 6.33 Å². The van der Waals surface area contributed by atoms with E-state index in [1.165, 1.54) is 25.7 Å². The lowest BCUT2D eigenvalue weighted by atomic mass is 10.2. The van der Waals surface area contributed by atoms with Crippen molar-refractivity contribution in [2.24, 2.45) is 5.73 Å². The van der Waals surface area contributed by atoms with Gasteiger partial charge < -0.3 is 16.0 Å². The quantitative estimate of drug-likeness (QED) is 0.798. The summed E-state index contributed by atoms with van der Waals surface area (Å²) in [5.74, 6) is 1.39. The molecular formula is C11H20N6. The number of hydrogen-bond acceptors (Lipinski definition) is 6. The van der Waals surface area contributed by atoms with Gasteiger partial charge in [0.2, 0.25) is 11.9 Å². The molecule has 1 saturated heterocycles. The lowest BCUT2D eigenvalue weighted by Crippen LogP contribution is -2.26. The van der Waals surface area contributed by atoms with Crippen LogP contribution >= 0.6 is 0 Å². The van der Waals surface area contributed by atoms with Gasteiger partial charge in [-0.2, -0.15) is 4.98 Å². The van der Waals surface area contributed by atoms with E-state index in [2.05, 4.69) is 25.2 Å². The molecule has 94 valence electrons. The summed E-state index contributed by atoms with van der Waals surface area (Å²) < 4.78 is 0. The Balaban J connectivity index is 2.03. The molecule has 0 spiro atoms. The van der Waals surface area contributed by atoms with Crippen molar-refractivity contribution in [2.45, 2.75) is 25.7 Å². The zero-order valence-electron chi connectivity index (χ0n) is 10.1. The number of nitrogens with zero attached hydrogens (tertiary/aromatic N) is 4. The minimum absolute atomic E-state index is 0.574. The van der Waals surface area contributed by atoms with E-state index in [1.807, 2.05) is 0 Å². The van der Waals surface area contributed by atoms with Gasteiger partial charge in [-0.25, -0.2) is 9.97 Å². The van der Waals surface area contributed by atoms with Crippen molar-refractivity contribution in [1.29, 1.82) is 0 Å². The molecule has 6 heteroatoms. The first-order chi connectivity index (χ1) is 8.40.